The van der Waals surface area contributed by atoms with Crippen LogP contribution < -0.4 is 5.32 Å². The zero-order chi connectivity index (χ0) is 25.1. The molecule has 10 atom stereocenters. The van der Waals surface area contributed by atoms with Crippen LogP contribution in [-0.4, -0.2) is 41.0 Å². The van der Waals surface area contributed by atoms with Gasteiger partial charge in [-0.1, -0.05) is 27.7 Å². The van der Waals surface area contributed by atoms with Gasteiger partial charge in [-0.15, -0.1) is 0 Å². The molecule has 4 aliphatic carbocycles. The van der Waals surface area contributed by atoms with Crippen molar-refractivity contribution in [1.82, 2.24) is 5.32 Å². The summed E-state index contributed by atoms with van der Waals surface area (Å²) in [5.74, 6) is 1.81. The Morgan fingerprint density at radius 3 is 2.41 bits per heavy atom. The number of amides is 1. The number of hydrogen-bond donors (Lipinski definition) is 3. The third-order valence-corrected chi connectivity index (χ3v) is 11.5. The highest BCUT2D eigenvalue weighted by Crippen LogP contribution is 2.71. The van der Waals surface area contributed by atoms with Crippen LogP contribution in [0.1, 0.15) is 91.9 Å². The number of aliphatic hydroxyl groups is 2. The van der Waals surface area contributed by atoms with Gasteiger partial charge in [0.25, 0.3) is 0 Å². The summed E-state index contributed by atoms with van der Waals surface area (Å²) >= 11 is 0. The molecule has 7 heteroatoms. The maximum absolute atomic E-state index is 12.4. The van der Waals surface area contributed by atoms with Gasteiger partial charge in [-0.2, -0.15) is 13.2 Å². The number of fused-ring (bicyclic) bond motifs is 5. The highest BCUT2D eigenvalue weighted by Gasteiger charge is 2.66. The second kappa shape index (κ2) is 8.93. The number of alkyl halides is 3. The third-order valence-electron chi connectivity index (χ3n) is 11.5. The molecule has 0 bridgehead atoms. The van der Waals surface area contributed by atoms with Crippen molar-refractivity contribution in [2.45, 2.75) is 110 Å². The molecule has 0 aromatic carbocycles. The molecule has 4 nitrogen and oxygen atoms in total. The number of rotatable bonds is 5. The van der Waals surface area contributed by atoms with Crippen molar-refractivity contribution in [3.63, 3.8) is 0 Å². The van der Waals surface area contributed by atoms with E-state index in [4.69, 9.17) is 0 Å². The highest BCUT2D eigenvalue weighted by molar-refractivity contribution is 5.75. The molecule has 34 heavy (non-hydrogen) atoms. The Balaban J connectivity index is 1.44. The van der Waals surface area contributed by atoms with E-state index < -0.39 is 24.7 Å². The second-order valence-corrected chi connectivity index (χ2v) is 13.0. The van der Waals surface area contributed by atoms with Gasteiger partial charge in [0.1, 0.15) is 6.54 Å². The minimum Gasteiger partial charge on any atom is -0.393 e. The highest BCUT2D eigenvalue weighted by atomic mass is 19.4. The van der Waals surface area contributed by atoms with Gasteiger partial charge in [0.05, 0.1) is 12.2 Å². The lowest BCUT2D eigenvalue weighted by molar-refractivity contribution is -0.219. The van der Waals surface area contributed by atoms with E-state index in [2.05, 4.69) is 27.7 Å². The molecule has 4 saturated carbocycles. The van der Waals surface area contributed by atoms with Gasteiger partial charge in [0, 0.05) is 11.8 Å². The molecule has 0 aliphatic heterocycles. The lowest BCUT2D eigenvalue weighted by Crippen LogP contribution is -2.63. The van der Waals surface area contributed by atoms with Crippen molar-refractivity contribution < 1.29 is 28.2 Å². The first-order valence-electron chi connectivity index (χ1n) is 13.4. The summed E-state index contributed by atoms with van der Waals surface area (Å²) in [4.78, 5) is 12.0. The van der Waals surface area contributed by atoms with Crippen molar-refractivity contribution >= 4 is 5.91 Å². The molecule has 4 aliphatic rings. The molecule has 0 aromatic rings. The summed E-state index contributed by atoms with van der Waals surface area (Å²) in [7, 11) is 0. The van der Waals surface area contributed by atoms with E-state index in [1.54, 1.807) is 0 Å². The molecule has 0 radical (unpaired) electrons. The second-order valence-electron chi connectivity index (χ2n) is 13.0. The first kappa shape index (κ1) is 26.2. The molecule has 3 N–H and O–H groups in total. The molecule has 196 valence electrons. The maximum Gasteiger partial charge on any atom is 0.405 e. The quantitative estimate of drug-likeness (QED) is 0.482. The fourth-order valence-corrected chi connectivity index (χ4v) is 9.45. The zero-order valence-electron chi connectivity index (χ0n) is 21.3. The van der Waals surface area contributed by atoms with E-state index >= 15 is 0 Å². The molecule has 0 saturated heterocycles. The van der Waals surface area contributed by atoms with Crippen LogP contribution in [0.4, 0.5) is 13.2 Å². The molecular formula is C27H44F3NO3. The fraction of sp³-hybridized carbons (Fsp3) is 0.963. The number of hydrogen-bond acceptors (Lipinski definition) is 3. The van der Waals surface area contributed by atoms with Gasteiger partial charge >= 0.3 is 6.18 Å². The van der Waals surface area contributed by atoms with Crippen LogP contribution in [-0.2, 0) is 4.79 Å². The van der Waals surface area contributed by atoms with Gasteiger partial charge in [-0.05, 0) is 98.2 Å². The van der Waals surface area contributed by atoms with Crippen molar-refractivity contribution in [1.29, 1.82) is 0 Å². The van der Waals surface area contributed by atoms with Crippen LogP contribution >= 0.6 is 0 Å². The van der Waals surface area contributed by atoms with Crippen LogP contribution in [0.2, 0.25) is 0 Å². The van der Waals surface area contributed by atoms with Crippen LogP contribution in [0.15, 0.2) is 0 Å². The minimum atomic E-state index is -4.38. The predicted molar refractivity (Wildman–Crippen MR) is 125 cm³/mol. The van der Waals surface area contributed by atoms with Crippen molar-refractivity contribution in [3.05, 3.63) is 0 Å². The first-order valence-corrected chi connectivity index (χ1v) is 13.4. The molecule has 4 fully saturated rings. The van der Waals surface area contributed by atoms with Crippen molar-refractivity contribution in [3.8, 4) is 0 Å². The number of nitrogens with one attached hydrogen (secondary N) is 1. The number of carbonyl (C=O) groups is 1. The number of carbonyl (C=O) groups excluding carboxylic acids is 1. The van der Waals surface area contributed by atoms with Crippen LogP contribution in [0.25, 0.3) is 0 Å². The van der Waals surface area contributed by atoms with Crippen molar-refractivity contribution in [2.24, 2.45) is 45.8 Å². The van der Waals surface area contributed by atoms with Gasteiger partial charge in [-0.25, -0.2) is 0 Å². The topological polar surface area (TPSA) is 69.6 Å². The fourth-order valence-electron chi connectivity index (χ4n) is 9.45. The summed E-state index contributed by atoms with van der Waals surface area (Å²) in [5, 5.41) is 23.8. The molecule has 7 unspecified atom stereocenters. The van der Waals surface area contributed by atoms with Crippen molar-refractivity contribution in [2.75, 3.05) is 6.54 Å². The maximum atomic E-state index is 12.4. The summed E-state index contributed by atoms with van der Waals surface area (Å²) in [6, 6.07) is 0. The average molecular weight is 488 g/mol. The van der Waals surface area contributed by atoms with E-state index in [1.807, 2.05) is 5.32 Å². The van der Waals surface area contributed by atoms with Gasteiger partial charge in [0.15, 0.2) is 0 Å². The Labute approximate surface area is 202 Å². The summed E-state index contributed by atoms with van der Waals surface area (Å²) in [5.41, 5.74) is -0.0498. The monoisotopic (exact) mass is 487 g/mol. The smallest absolute Gasteiger partial charge is 0.393 e. The van der Waals surface area contributed by atoms with E-state index in [-0.39, 0.29) is 34.7 Å². The summed E-state index contributed by atoms with van der Waals surface area (Å²) in [6.07, 6.45) is 3.45. The molecule has 0 heterocycles. The first-order chi connectivity index (χ1) is 15.7. The number of halogens is 3. The Kier molecular flexibility index (Phi) is 6.90. The average Bonchev–Trinajstić information content (AvgIpc) is 3.10. The van der Waals surface area contributed by atoms with Gasteiger partial charge in [0.2, 0.25) is 5.91 Å². The number of aliphatic hydroxyl groups excluding tert-OH is 2. The zero-order valence-corrected chi connectivity index (χ0v) is 21.3. The predicted octanol–water partition coefficient (Wildman–Crippen LogP) is 5.46. The molecule has 4 rings (SSSR count). The third kappa shape index (κ3) is 4.31. The lowest BCUT2D eigenvalue weighted by atomic mass is 9.39. The Bertz CT molecular complexity index is 775. The summed E-state index contributed by atoms with van der Waals surface area (Å²) in [6.45, 7) is 7.88. The molecular weight excluding hydrogens is 443 g/mol. The largest absolute Gasteiger partial charge is 0.405 e. The van der Waals surface area contributed by atoms with E-state index in [9.17, 15) is 28.2 Å². The van der Waals surface area contributed by atoms with Gasteiger partial charge in [-0.3, -0.25) is 4.79 Å². The van der Waals surface area contributed by atoms with Crippen LogP contribution in [0.3, 0.4) is 0 Å². The Hall–Kier alpha value is -0.820. The molecule has 0 aromatic heterocycles. The minimum absolute atomic E-state index is 0.0379. The normalized spacial score (nSPS) is 47.3. The summed E-state index contributed by atoms with van der Waals surface area (Å²) < 4.78 is 37.2. The van der Waals surface area contributed by atoms with E-state index in [0.717, 1.165) is 44.9 Å². The Morgan fingerprint density at radius 1 is 1.03 bits per heavy atom. The van der Waals surface area contributed by atoms with E-state index in [1.165, 1.54) is 0 Å². The lowest BCUT2D eigenvalue weighted by Gasteiger charge is -2.66. The van der Waals surface area contributed by atoms with Crippen LogP contribution in [0, 0.1) is 45.8 Å². The standard InChI is InChI=1S/C27H44F3NO3/c1-16(5-8-23(34)31-15-27(28,29)30)19-6-7-20-18-13-22(33)26(4)14-17(32)9-12-25(26,3)21(18)10-11-24(19,20)2/h16-22,32-33H,5-15H2,1-4H3,(H,31,34)/t16?,17-,18?,19?,20?,21?,22+,24?,25?,26+/m1/s1. The SMILES string of the molecule is CC(CCC(=O)NCC(F)(F)F)C1CCC2C3C[C@H](O)[C@]4(C)C[C@H](O)CCC4(C)C3CCC12C. The van der Waals surface area contributed by atoms with Crippen LogP contribution in [0.5, 0.6) is 0 Å². The molecule has 0 spiro atoms. The molecule has 1 amide bonds. The van der Waals surface area contributed by atoms with E-state index in [0.29, 0.717) is 36.5 Å². The van der Waals surface area contributed by atoms with Gasteiger partial charge < -0.3 is 15.5 Å². The Morgan fingerprint density at radius 2 is 1.74 bits per heavy atom.